The minimum absolute atomic E-state index is 0.0287. The van der Waals surface area contributed by atoms with E-state index in [1.807, 2.05) is 24.3 Å². The van der Waals surface area contributed by atoms with Gasteiger partial charge >= 0.3 is 5.97 Å². The van der Waals surface area contributed by atoms with Crippen molar-refractivity contribution in [1.82, 2.24) is 0 Å². The third-order valence-electron chi connectivity index (χ3n) is 5.01. The van der Waals surface area contributed by atoms with Crippen LogP contribution in [0.2, 0.25) is 10.0 Å². The van der Waals surface area contributed by atoms with E-state index in [0.717, 1.165) is 29.0 Å². The largest absolute Gasteiger partial charge is 0.489 e. The average molecular weight is 390 g/mol. The monoisotopic (exact) mass is 389 g/mol. The number of allylic oxidation sites excluding steroid dienone is 2. The SMILES string of the molecule is O=C(O)C1Nc2ccc(OCc3ccc(Cl)cc3Cl)cc2C2C=CCC12. The lowest BCUT2D eigenvalue weighted by Crippen LogP contribution is -2.41. The zero-order valence-corrected chi connectivity index (χ0v) is 15.3. The van der Waals surface area contributed by atoms with Gasteiger partial charge in [0.1, 0.15) is 18.4 Å². The third-order valence-corrected chi connectivity index (χ3v) is 5.60. The van der Waals surface area contributed by atoms with Crippen molar-refractivity contribution in [3.63, 3.8) is 0 Å². The summed E-state index contributed by atoms with van der Waals surface area (Å²) in [4.78, 5) is 11.6. The van der Waals surface area contributed by atoms with Gasteiger partial charge in [0.05, 0.1) is 0 Å². The molecule has 26 heavy (non-hydrogen) atoms. The van der Waals surface area contributed by atoms with E-state index < -0.39 is 12.0 Å². The van der Waals surface area contributed by atoms with Crippen molar-refractivity contribution in [2.75, 3.05) is 5.32 Å². The summed E-state index contributed by atoms with van der Waals surface area (Å²) in [6, 6.07) is 10.5. The third kappa shape index (κ3) is 3.15. The molecule has 1 aliphatic heterocycles. The van der Waals surface area contributed by atoms with Gasteiger partial charge in [0.2, 0.25) is 0 Å². The molecule has 0 amide bonds. The summed E-state index contributed by atoms with van der Waals surface area (Å²) in [5.74, 6) is 0.0347. The lowest BCUT2D eigenvalue weighted by atomic mass is 9.79. The molecule has 3 atom stereocenters. The lowest BCUT2D eigenvalue weighted by Gasteiger charge is -2.34. The number of nitrogens with one attached hydrogen (secondary N) is 1. The number of carboxylic acids is 1. The molecule has 2 N–H and O–H groups in total. The molecule has 4 rings (SSSR count). The maximum absolute atomic E-state index is 11.6. The number of hydrogen-bond acceptors (Lipinski definition) is 3. The maximum Gasteiger partial charge on any atom is 0.326 e. The molecule has 3 unspecified atom stereocenters. The topological polar surface area (TPSA) is 58.6 Å². The van der Waals surface area contributed by atoms with Crippen LogP contribution >= 0.6 is 23.2 Å². The van der Waals surface area contributed by atoms with E-state index in [-0.39, 0.29) is 11.8 Å². The van der Waals surface area contributed by atoms with Crippen LogP contribution in [0.25, 0.3) is 0 Å². The molecule has 2 aliphatic rings. The zero-order chi connectivity index (χ0) is 18.3. The highest BCUT2D eigenvalue weighted by Crippen LogP contribution is 2.45. The van der Waals surface area contributed by atoms with Gasteiger partial charge in [-0.05, 0) is 42.3 Å². The van der Waals surface area contributed by atoms with Crippen molar-refractivity contribution < 1.29 is 14.6 Å². The number of carboxylic acid groups (broad SMARTS) is 1. The number of aliphatic carboxylic acids is 1. The molecule has 6 heteroatoms. The van der Waals surface area contributed by atoms with Crippen LogP contribution in [0, 0.1) is 5.92 Å². The molecular weight excluding hydrogens is 373 g/mol. The first-order valence-electron chi connectivity index (χ1n) is 8.39. The standard InChI is InChI=1S/C20H17Cl2NO3/c21-12-5-4-11(17(22)8-12)10-26-13-6-7-18-16(9-13)14-2-1-3-15(14)19(23-18)20(24)25/h1-2,4-9,14-15,19,23H,3,10H2,(H,24,25). The van der Waals surface area contributed by atoms with E-state index in [2.05, 4.69) is 17.5 Å². The minimum Gasteiger partial charge on any atom is -0.489 e. The zero-order valence-electron chi connectivity index (χ0n) is 13.8. The Morgan fingerprint density at radius 1 is 1.23 bits per heavy atom. The average Bonchev–Trinajstić information content (AvgIpc) is 3.10. The molecule has 0 saturated carbocycles. The van der Waals surface area contributed by atoms with Crippen LogP contribution in [0.1, 0.15) is 23.5 Å². The van der Waals surface area contributed by atoms with Gasteiger partial charge in [-0.3, -0.25) is 0 Å². The van der Waals surface area contributed by atoms with Gasteiger partial charge < -0.3 is 15.2 Å². The number of anilines is 1. The number of ether oxygens (including phenoxy) is 1. The smallest absolute Gasteiger partial charge is 0.326 e. The van der Waals surface area contributed by atoms with E-state index in [9.17, 15) is 9.90 Å². The maximum atomic E-state index is 11.6. The predicted molar refractivity (Wildman–Crippen MR) is 102 cm³/mol. The summed E-state index contributed by atoms with van der Waals surface area (Å²) in [6.45, 7) is 0.337. The minimum atomic E-state index is -0.813. The fourth-order valence-corrected chi connectivity index (χ4v) is 4.17. The second-order valence-electron chi connectivity index (χ2n) is 6.59. The van der Waals surface area contributed by atoms with Gasteiger partial charge in [0.25, 0.3) is 0 Å². The Bertz CT molecular complexity index is 897. The summed E-state index contributed by atoms with van der Waals surface area (Å²) in [5.41, 5.74) is 2.78. The van der Waals surface area contributed by atoms with Gasteiger partial charge in [-0.15, -0.1) is 0 Å². The van der Waals surface area contributed by atoms with Gasteiger partial charge in [-0.2, -0.15) is 0 Å². The number of hydrogen-bond donors (Lipinski definition) is 2. The number of carbonyl (C=O) groups is 1. The van der Waals surface area contributed by atoms with E-state index in [1.54, 1.807) is 12.1 Å². The number of benzene rings is 2. The molecule has 0 spiro atoms. The molecule has 134 valence electrons. The van der Waals surface area contributed by atoms with E-state index >= 15 is 0 Å². The highest BCUT2D eigenvalue weighted by atomic mass is 35.5. The molecule has 1 heterocycles. The summed E-state index contributed by atoms with van der Waals surface area (Å²) >= 11 is 12.1. The molecule has 4 nitrogen and oxygen atoms in total. The Morgan fingerprint density at radius 2 is 2.08 bits per heavy atom. The second-order valence-corrected chi connectivity index (χ2v) is 7.43. The Balaban J connectivity index is 1.57. The first kappa shape index (κ1) is 17.3. The van der Waals surface area contributed by atoms with Gasteiger partial charge in [0.15, 0.2) is 0 Å². The Labute approximate surface area is 161 Å². The summed E-state index contributed by atoms with van der Waals surface area (Å²) in [7, 11) is 0. The molecule has 0 fully saturated rings. The summed E-state index contributed by atoms with van der Waals surface area (Å²) in [5, 5.41) is 13.8. The van der Waals surface area contributed by atoms with Crippen molar-refractivity contribution in [3.05, 3.63) is 69.7 Å². The Kier molecular flexibility index (Phi) is 4.55. The van der Waals surface area contributed by atoms with Crippen molar-refractivity contribution in [2.45, 2.75) is 25.0 Å². The van der Waals surface area contributed by atoms with Gasteiger partial charge in [0, 0.05) is 33.1 Å². The molecule has 0 saturated heterocycles. The van der Waals surface area contributed by atoms with Crippen molar-refractivity contribution in [1.29, 1.82) is 0 Å². The van der Waals surface area contributed by atoms with Gasteiger partial charge in [-0.1, -0.05) is 41.4 Å². The van der Waals surface area contributed by atoms with E-state index in [1.165, 1.54) is 0 Å². The summed E-state index contributed by atoms with van der Waals surface area (Å²) < 4.78 is 5.91. The molecule has 0 bridgehead atoms. The van der Waals surface area contributed by atoms with Crippen LogP contribution < -0.4 is 10.1 Å². The van der Waals surface area contributed by atoms with Crippen LogP contribution in [0.3, 0.4) is 0 Å². The van der Waals surface area contributed by atoms with Crippen LogP contribution in [-0.4, -0.2) is 17.1 Å². The van der Waals surface area contributed by atoms with Gasteiger partial charge in [-0.25, -0.2) is 4.79 Å². The number of rotatable bonds is 4. The molecular formula is C20H17Cl2NO3. The quantitative estimate of drug-likeness (QED) is 0.713. The van der Waals surface area contributed by atoms with Crippen LogP contribution in [0.15, 0.2) is 48.6 Å². The van der Waals surface area contributed by atoms with Crippen molar-refractivity contribution >= 4 is 34.9 Å². The normalized spacial score (nSPS) is 23.1. The number of fused-ring (bicyclic) bond motifs is 3. The molecule has 1 aliphatic carbocycles. The van der Waals surface area contributed by atoms with Crippen molar-refractivity contribution in [2.24, 2.45) is 5.92 Å². The van der Waals surface area contributed by atoms with E-state index in [0.29, 0.717) is 16.7 Å². The van der Waals surface area contributed by atoms with Crippen LogP contribution in [-0.2, 0) is 11.4 Å². The fourth-order valence-electron chi connectivity index (χ4n) is 3.71. The van der Waals surface area contributed by atoms with Crippen LogP contribution in [0.4, 0.5) is 5.69 Å². The second kappa shape index (κ2) is 6.86. The molecule has 2 aromatic rings. The molecule has 0 aromatic heterocycles. The lowest BCUT2D eigenvalue weighted by molar-refractivity contribution is -0.139. The predicted octanol–water partition coefficient (Wildman–Crippen LogP) is 5.11. The molecule has 2 aromatic carbocycles. The first-order chi connectivity index (χ1) is 12.5. The Hall–Kier alpha value is -2.17. The fraction of sp³-hybridized carbons (Fsp3) is 0.250. The number of halogens is 2. The first-order valence-corrected chi connectivity index (χ1v) is 9.15. The Morgan fingerprint density at radius 3 is 2.85 bits per heavy atom. The highest BCUT2D eigenvalue weighted by molar-refractivity contribution is 6.35. The van der Waals surface area contributed by atoms with Crippen LogP contribution in [0.5, 0.6) is 5.75 Å². The summed E-state index contributed by atoms with van der Waals surface area (Å²) in [6.07, 6.45) is 4.92. The van der Waals surface area contributed by atoms with E-state index in [4.69, 9.17) is 27.9 Å². The van der Waals surface area contributed by atoms with Crippen molar-refractivity contribution in [3.8, 4) is 5.75 Å². The molecule has 0 radical (unpaired) electrons. The highest BCUT2D eigenvalue weighted by Gasteiger charge is 2.40.